The summed E-state index contributed by atoms with van der Waals surface area (Å²) in [6.07, 6.45) is 57.5. The molecule has 0 aliphatic carbocycles. The summed E-state index contributed by atoms with van der Waals surface area (Å²) in [4.78, 5) is 26.0. The van der Waals surface area contributed by atoms with Crippen LogP contribution in [0, 0.1) is 0 Å². The molecular formula is C54H99NO5. The Labute approximate surface area is 372 Å². The van der Waals surface area contributed by atoms with Crippen LogP contribution in [-0.2, 0) is 14.3 Å². The quantitative estimate of drug-likeness (QED) is 0.0322. The van der Waals surface area contributed by atoms with Crippen LogP contribution in [0.2, 0.25) is 0 Å². The van der Waals surface area contributed by atoms with Gasteiger partial charge in [-0.05, 0) is 64.2 Å². The van der Waals surface area contributed by atoms with E-state index in [9.17, 15) is 19.8 Å². The van der Waals surface area contributed by atoms with Crippen molar-refractivity contribution in [3.63, 3.8) is 0 Å². The topological polar surface area (TPSA) is 95.9 Å². The molecule has 0 aromatic rings. The largest absolute Gasteiger partial charge is 0.462 e. The minimum atomic E-state index is -0.800. The first kappa shape index (κ1) is 57.8. The zero-order chi connectivity index (χ0) is 43.8. The van der Waals surface area contributed by atoms with Crippen molar-refractivity contribution < 1.29 is 24.5 Å². The van der Waals surface area contributed by atoms with Gasteiger partial charge in [0.05, 0.1) is 25.2 Å². The standard InChI is InChI=1S/C54H99NO5/c1-4-7-10-13-16-19-21-23-25-26-28-29-31-34-36-39-42-45-50(60-54(59)47-44-41-38-33-18-15-12-9-6-3)48-53(58)55-51(49-56)52(57)46-43-40-37-35-32-30-27-24-22-20-17-14-11-8-5-2/h16,19,23,25,28-29,34,36,50-52,56-57H,4-15,17-18,20-22,24,26-27,30-33,35,37-49H2,1-3H3,(H,55,58)/b19-16-,25-23-,29-28-,36-34-. The molecule has 3 N–H and O–H groups in total. The molecule has 1 amide bonds. The van der Waals surface area contributed by atoms with Crippen LogP contribution in [0.15, 0.2) is 48.6 Å². The third-order valence-electron chi connectivity index (χ3n) is 11.7. The number of aliphatic hydroxyl groups excluding tert-OH is 2. The normalized spacial score (nSPS) is 13.6. The van der Waals surface area contributed by atoms with E-state index in [1.807, 2.05) is 0 Å². The third-order valence-corrected chi connectivity index (χ3v) is 11.7. The van der Waals surface area contributed by atoms with Gasteiger partial charge < -0.3 is 20.3 Å². The smallest absolute Gasteiger partial charge is 0.306 e. The zero-order valence-corrected chi connectivity index (χ0v) is 39.8. The van der Waals surface area contributed by atoms with Gasteiger partial charge in [0.2, 0.25) is 5.91 Å². The van der Waals surface area contributed by atoms with E-state index in [2.05, 4.69) is 74.7 Å². The third kappa shape index (κ3) is 42.5. The fourth-order valence-corrected chi connectivity index (χ4v) is 7.71. The number of rotatable bonds is 46. The summed E-state index contributed by atoms with van der Waals surface area (Å²) >= 11 is 0. The Morgan fingerprint density at radius 1 is 0.483 bits per heavy atom. The molecule has 0 saturated heterocycles. The number of carbonyl (C=O) groups is 2. The number of allylic oxidation sites excluding steroid dienone is 8. The van der Waals surface area contributed by atoms with Crippen LogP contribution in [0.25, 0.3) is 0 Å². The molecule has 0 radical (unpaired) electrons. The molecule has 0 saturated carbocycles. The Kier molecular flexibility index (Phi) is 46.1. The maximum Gasteiger partial charge on any atom is 0.306 e. The summed E-state index contributed by atoms with van der Waals surface area (Å²) in [7, 11) is 0. The van der Waals surface area contributed by atoms with Gasteiger partial charge in [-0.3, -0.25) is 9.59 Å². The predicted molar refractivity (Wildman–Crippen MR) is 259 cm³/mol. The highest BCUT2D eigenvalue weighted by molar-refractivity contribution is 5.77. The van der Waals surface area contributed by atoms with Crippen molar-refractivity contribution >= 4 is 11.9 Å². The van der Waals surface area contributed by atoms with Crippen LogP contribution in [-0.4, -0.2) is 46.9 Å². The van der Waals surface area contributed by atoms with E-state index in [0.29, 0.717) is 19.3 Å². The van der Waals surface area contributed by atoms with Gasteiger partial charge in [0.25, 0.3) is 0 Å². The van der Waals surface area contributed by atoms with Crippen LogP contribution in [0.4, 0.5) is 0 Å². The molecule has 350 valence electrons. The Morgan fingerprint density at radius 2 is 0.867 bits per heavy atom. The average molecular weight is 842 g/mol. The maximum atomic E-state index is 13.2. The molecule has 6 heteroatoms. The van der Waals surface area contributed by atoms with Crippen molar-refractivity contribution in [2.75, 3.05) is 6.61 Å². The lowest BCUT2D eigenvalue weighted by Gasteiger charge is -2.24. The molecule has 0 spiro atoms. The highest BCUT2D eigenvalue weighted by Gasteiger charge is 2.24. The lowest BCUT2D eigenvalue weighted by atomic mass is 10.0. The Hall–Kier alpha value is -2.18. The van der Waals surface area contributed by atoms with E-state index < -0.39 is 18.2 Å². The van der Waals surface area contributed by atoms with Gasteiger partial charge in [0.15, 0.2) is 0 Å². The number of unbranched alkanes of at least 4 members (excludes halogenated alkanes) is 26. The lowest BCUT2D eigenvalue weighted by molar-refractivity contribution is -0.151. The lowest BCUT2D eigenvalue weighted by Crippen LogP contribution is -2.46. The number of hydrogen-bond donors (Lipinski definition) is 3. The summed E-state index contributed by atoms with van der Waals surface area (Å²) in [6.45, 7) is 6.43. The van der Waals surface area contributed by atoms with Gasteiger partial charge in [-0.25, -0.2) is 0 Å². The predicted octanol–water partition coefficient (Wildman–Crippen LogP) is 15.5. The molecule has 0 heterocycles. The first-order valence-corrected chi connectivity index (χ1v) is 25.9. The number of carbonyl (C=O) groups excluding carboxylic acids is 2. The van der Waals surface area contributed by atoms with Crippen molar-refractivity contribution in [1.82, 2.24) is 5.32 Å². The molecular weight excluding hydrogens is 743 g/mol. The van der Waals surface area contributed by atoms with E-state index in [4.69, 9.17) is 4.74 Å². The van der Waals surface area contributed by atoms with Crippen LogP contribution in [0.3, 0.4) is 0 Å². The van der Waals surface area contributed by atoms with Gasteiger partial charge >= 0.3 is 5.97 Å². The molecule has 60 heavy (non-hydrogen) atoms. The van der Waals surface area contributed by atoms with Crippen molar-refractivity contribution in [3.05, 3.63) is 48.6 Å². The molecule has 3 unspecified atom stereocenters. The first-order chi connectivity index (χ1) is 29.5. The van der Waals surface area contributed by atoms with Gasteiger partial charge in [0.1, 0.15) is 6.10 Å². The molecule has 0 fully saturated rings. The highest BCUT2D eigenvalue weighted by Crippen LogP contribution is 2.17. The molecule has 0 aromatic carbocycles. The summed E-state index contributed by atoms with van der Waals surface area (Å²) in [5.74, 6) is -0.524. The second kappa shape index (κ2) is 47.9. The molecule has 0 aliphatic rings. The summed E-state index contributed by atoms with van der Waals surface area (Å²) in [5, 5.41) is 23.7. The van der Waals surface area contributed by atoms with E-state index in [0.717, 1.165) is 70.6 Å². The minimum Gasteiger partial charge on any atom is -0.462 e. The van der Waals surface area contributed by atoms with Crippen molar-refractivity contribution in [1.29, 1.82) is 0 Å². The average Bonchev–Trinajstić information content (AvgIpc) is 3.24. The second-order valence-corrected chi connectivity index (χ2v) is 17.6. The van der Waals surface area contributed by atoms with Gasteiger partial charge in [-0.15, -0.1) is 0 Å². The van der Waals surface area contributed by atoms with E-state index in [1.165, 1.54) is 141 Å². The van der Waals surface area contributed by atoms with Gasteiger partial charge in [-0.2, -0.15) is 0 Å². The monoisotopic (exact) mass is 842 g/mol. The number of hydrogen-bond acceptors (Lipinski definition) is 5. The molecule has 6 nitrogen and oxygen atoms in total. The van der Waals surface area contributed by atoms with Crippen LogP contribution in [0.1, 0.15) is 258 Å². The van der Waals surface area contributed by atoms with E-state index >= 15 is 0 Å². The number of esters is 1. The minimum absolute atomic E-state index is 0.0420. The molecule has 0 aliphatic heterocycles. The highest BCUT2D eigenvalue weighted by atomic mass is 16.5. The summed E-state index contributed by atoms with van der Waals surface area (Å²) < 4.78 is 5.89. The molecule has 0 bridgehead atoms. The fourth-order valence-electron chi connectivity index (χ4n) is 7.71. The molecule has 0 rings (SSSR count). The van der Waals surface area contributed by atoms with Crippen LogP contribution >= 0.6 is 0 Å². The summed E-state index contributed by atoms with van der Waals surface area (Å²) in [5.41, 5.74) is 0. The number of ether oxygens (including phenoxy) is 1. The Balaban J connectivity index is 4.61. The maximum absolute atomic E-state index is 13.2. The molecule has 3 atom stereocenters. The first-order valence-electron chi connectivity index (χ1n) is 25.9. The van der Waals surface area contributed by atoms with Gasteiger partial charge in [0, 0.05) is 6.42 Å². The Morgan fingerprint density at radius 3 is 1.32 bits per heavy atom. The van der Waals surface area contributed by atoms with Crippen molar-refractivity contribution in [2.45, 2.75) is 277 Å². The van der Waals surface area contributed by atoms with Gasteiger partial charge in [-0.1, -0.05) is 230 Å². The molecule has 0 aromatic heterocycles. The zero-order valence-electron chi connectivity index (χ0n) is 39.8. The number of aliphatic hydroxyl groups is 2. The number of amides is 1. The van der Waals surface area contributed by atoms with E-state index in [-0.39, 0.29) is 24.9 Å². The summed E-state index contributed by atoms with van der Waals surface area (Å²) in [6, 6.07) is -0.717. The van der Waals surface area contributed by atoms with Crippen LogP contribution < -0.4 is 5.32 Å². The Bertz CT molecular complexity index is 1040. The van der Waals surface area contributed by atoms with E-state index in [1.54, 1.807) is 0 Å². The second-order valence-electron chi connectivity index (χ2n) is 17.6. The fraction of sp³-hybridized carbons (Fsp3) is 0.815. The number of nitrogens with one attached hydrogen (secondary N) is 1. The van der Waals surface area contributed by atoms with Crippen molar-refractivity contribution in [3.8, 4) is 0 Å². The van der Waals surface area contributed by atoms with Crippen molar-refractivity contribution in [2.24, 2.45) is 0 Å². The van der Waals surface area contributed by atoms with Crippen LogP contribution in [0.5, 0.6) is 0 Å². The SMILES string of the molecule is CCCCC/C=C\C/C=C\C/C=C\C/C=C\CCCC(CC(=O)NC(CO)C(O)CCCCCCCCCCCCCCCCC)OC(=O)CCCCCCCCCCC.